The van der Waals surface area contributed by atoms with Crippen molar-refractivity contribution in [2.24, 2.45) is 5.92 Å². The Labute approximate surface area is 148 Å². The van der Waals surface area contributed by atoms with Gasteiger partial charge < -0.3 is 4.90 Å². The summed E-state index contributed by atoms with van der Waals surface area (Å²) < 4.78 is 0. The van der Waals surface area contributed by atoms with Gasteiger partial charge in [0.15, 0.2) is 0 Å². The monoisotopic (exact) mass is 326 g/mol. The van der Waals surface area contributed by atoms with Gasteiger partial charge in [-0.1, -0.05) is 30.7 Å². The topological polar surface area (TPSA) is 6.48 Å². The summed E-state index contributed by atoms with van der Waals surface area (Å²) in [6.07, 6.45) is 9.86. The number of hydrogen-bond donors (Lipinski definition) is 0. The fraction of sp³-hybridized carbons (Fsp3) is 0.727. The number of hydrogen-bond acceptors (Lipinski definition) is 2. The summed E-state index contributed by atoms with van der Waals surface area (Å²) in [6, 6.07) is 10.4. The molecule has 2 heteroatoms. The smallest absolute Gasteiger partial charge is 0.0233 e. The summed E-state index contributed by atoms with van der Waals surface area (Å²) in [6.45, 7) is 8.86. The predicted molar refractivity (Wildman–Crippen MR) is 101 cm³/mol. The molecular formula is C22H34N2. The Morgan fingerprint density at radius 3 is 2.33 bits per heavy atom. The molecular weight excluding hydrogens is 292 g/mol. The standard InChI is InChI=1S/C22H34N2/c1-18-6-2-3-13-24(18)17-20-14-22(15-20)21-9-7-19(8-10-21)16-23-11-4-5-12-23/h7-10,18,20,22H,2-6,11-17H2,1H3/t18?,20-,22-. The summed E-state index contributed by atoms with van der Waals surface area (Å²) >= 11 is 0. The molecule has 4 rings (SSSR count). The van der Waals surface area contributed by atoms with Gasteiger partial charge in [-0.05, 0) is 88.0 Å². The van der Waals surface area contributed by atoms with E-state index in [4.69, 9.17) is 0 Å². The number of rotatable bonds is 5. The van der Waals surface area contributed by atoms with Crippen LogP contribution >= 0.6 is 0 Å². The van der Waals surface area contributed by atoms with Crippen molar-refractivity contribution < 1.29 is 0 Å². The van der Waals surface area contributed by atoms with Gasteiger partial charge in [-0.2, -0.15) is 0 Å². The lowest BCUT2D eigenvalue weighted by Crippen LogP contribution is -2.43. The molecule has 1 aromatic carbocycles. The van der Waals surface area contributed by atoms with Crippen molar-refractivity contribution >= 4 is 0 Å². The van der Waals surface area contributed by atoms with Gasteiger partial charge in [-0.15, -0.1) is 0 Å². The van der Waals surface area contributed by atoms with Crippen LogP contribution < -0.4 is 0 Å². The Morgan fingerprint density at radius 1 is 0.917 bits per heavy atom. The molecule has 1 saturated carbocycles. The maximum Gasteiger partial charge on any atom is 0.0233 e. The van der Waals surface area contributed by atoms with E-state index in [1.807, 2.05) is 0 Å². The van der Waals surface area contributed by atoms with E-state index in [1.165, 1.54) is 76.7 Å². The third-order valence-electron chi connectivity index (χ3n) is 6.72. The van der Waals surface area contributed by atoms with Crippen LogP contribution in [-0.4, -0.2) is 42.0 Å². The molecule has 0 bridgehead atoms. The Bertz CT molecular complexity index is 511. The molecule has 2 aliphatic heterocycles. The van der Waals surface area contributed by atoms with E-state index >= 15 is 0 Å². The van der Waals surface area contributed by atoms with Gasteiger partial charge in [0.2, 0.25) is 0 Å². The SMILES string of the molecule is CC1CCCCN1C[C@H]1C[C@H](c2ccc(CN3CCCC3)cc2)C1. The molecule has 0 spiro atoms. The number of benzene rings is 1. The van der Waals surface area contributed by atoms with Crippen molar-refractivity contribution in [3.05, 3.63) is 35.4 Å². The molecule has 0 amide bonds. The lowest BCUT2D eigenvalue weighted by Gasteiger charge is -2.42. The Balaban J connectivity index is 1.24. The first-order chi connectivity index (χ1) is 11.8. The zero-order valence-corrected chi connectivity index (χ0v) is 15.4. The van der Waals surface area contributed by atoms with E-state index in [1.54, 1.807) is 5.56 Å². The van der Waals surface area contributed by atoms with Crippen LogP contribution in [0.2, 0.25) is 0 Å². The van der Waals surface area contributed by atoms with Gasteiger partial charge in [-0.25, -0.2) is 0 Å². The van der Waals surface area contributed by atoms with E-state index < -0.39 is 0 Å². The fourth-order valence-electron chi connectivity index (χ4n) is 5.01. The average Bonchev–Trinajstić information content (AvgIpc) is 3.06. The molecule has 0 N–H and O–H groups in total. The van der Waals surface area contributed by atoms with E-state index in [9.17, 15) is 0 Å². The van der Waals surface area contributed by atoms with Crippen LogP contribution in [0.3, 0.4) is 0 Å². The maximum atomic E-state index is 2.75. The van der Waals surface area contributed by atoms with Gasteiger partial charge in [0, 0.05) is 19.1 Å². The molecule has 0 aromatic heterocycles. The van der Waals surface area contributed by atoms with Gasteiger partial charge in [0.05, 0.1) is 0 Å². The van der Waals surface area contributed by atoms with Crippen LogP contribution in [0.1, 0.15) is 68.9 Å². The minimum atomic E-state index is 0.822. The van der Waals surface area contributed by atoms with Crippen molar-refractivity contribution in [3.63, 3.8) is 0 Å². The summed E-state index contributed by atoms with van der Waals surface area (Å²) in [7, 11) is 0. The van der Waals surface area contributed by atoms with Crippen molar-refractivity contribution in [2.45, 2.75) is 70.4 Å². The third kappa shape index (κ3) is 3.86. The zero-order valence-electron chi connectivity index (χ0n) is 15.4. The second-order valence-electron chi connectivity index (χ2n) is 8.60. The molecule has 2 saturated heterocycles. The molecule has 3 aliphatic rings. The van der Waals surface area contributed by atoms with Gasteiger partial charge in [0.25, 0.3) is 0 Å². The van der Waals surface area contributed by atoms with Crippen LogP contribution in [0, 0.1) is 5.92 Å². The Kier molecular flexibility index (Phi) is 5.24. The van der Waals surface area contributed by atoms with Gasteiger partial charge >= 0.3 is 0 Å². The van der Waals surface area contributed by atoms with Crippen LogP contribution in [0.5, 0.6) is 0 Å². The number of likely N-dealkylation sites (tertiary alicyclic amines) is 2. The predicted octanol–water partition coefficient (Wildman–Crippen LogP) is 4.65. The molecule has 0 radical (unpaired) electrons. The minimum Gasteiger partial charge on any atom is -0.300 e. The lowest BCUT2D eigenvalue weighted by molar-refractivity contribution is 0.100. The fourth-order valence-corrected chi connectivity index (χ4v) is 5.01. The Morgan fingerprint density at radius 2 is 1.62 bits per heavy atom. The quantitative estimate of drug-likeness (QED) is 0.777. The highest BCUT2D eigenvalue weighted by molar-refractivity contribution is 5.27. The molecule has 132 valence electrons. The number of piperidine rings is 1. The van der Waals surface area contributed by atoms with Gasteiger partial charge in [0.1, 0.15) is 0 Å². The highest BCUT2D eigenvalue weighted by Crippen LogP contribution is 2.42. The maximum absolute atomic E-state index is 2.75. The molecule has 1 atom stereocenters. The normalized spacial score (nSPS) is 32.0. The molecule has 24 heavy (non-hydrogen) atoms. The first-order valence-electron chi connectivity index (χ1n) is 10.3. The largest absolute Gasteiger partial charge is 0.300 e. The molecule has 1 unspecified atom stereocenters. The highest BCUT2D eigenvalue weighted by atomic mass is 15.2. The second-order valence-corrected chi connectivity index (χ2v) is 8.60. The van der Waals surface area contributed by atoms with E-state index in [0.29, 0.717) is 0 Å². The first kappa shape index (κ1) is 16.6. The third-order valence-corrected chi connectivity index (χ3v) is 6.72. The zero-order chi connectivity index (χ0) is 16.4. The minimum absolute atomic E-state index is 0.822. The van der Waals surface area contributed by atoms with Crippen LogP contribution in [0.25, 0.3) is 0 Å². The van der Waals surface area contributed by atoms with E-state index in [2.05, 4.69) is 41.0 Å². The summed E-state index contributed by atoms with van der Waals surface area (Å²) in [5.74, 6) is 1.77. The average molecular weight is 327 g/mol. The molecule has 2 heterocycles. The Hall–Kier alpha value is -0.860. The van der Waals surface area contributed by atoms with E-state index in [0.717, 1.165) is 24.4 Å². The van der Waals surface area contributed by atoms with Crippen LogP contribution in [0.4, 0.5) is 0 Å². The summed E-state index contributed by atoms with van der Waals surface area (Å²) in [5, 5.41) is 0. The van der Waals surface area contributed by atoms with Gasteiger partial charge in [-0.3, -0.25) is 4.90 Å². The van der Waals surface area contributed by atoms with Crippen molar-refractivity contribution in [3.8, 4) is 0 Å². The van der Waals surface area contributed by atoms with Crippen molar-refractivity contribution in [2.75, 3.05) is 26.2 Å². The molecule has 1 aromatic rings. The highest BCUT2D eigenvalue weighted by Gasteiger charge is 2.32. The van der Waals surface area contributed by atoms with E-state index in [-0.39, 0.29) is 0 Å². The van der Waals surface area contributed by atoms with Crippen molar-refractivity contribution in [1.82, 2.24) is 9.80 Å². The van der Waals surface area contributed by atoms with Crippen LogP contribution in [-0.2, 0) is 6.54 Å². The first-order valence-corrected chi connectivity index (χ1v) is 10.3. The summed E-state index contributed by atoms with van der Waals surface area (Å²) in [5.41, 5.74) is 3.08. The second kappa shape index (κ2) is 7.58. The van der Waals surface area contributed by atoms with Crippen molar-refractivity contribution in [1.29, 1.82) is 0 Å². The van der Waals surface area contributed by atoms with Crippen LogP contribution in [0.15, 0.2) is 24.3 Å². The number of nitrogens with zero attached hydrogens (tertiary/aromatic N) is 2. The molecule has 3 fully saturated rings. The lowest BCUT2D eigenvalue weighted by atomic mass is 9.71. The molecule has 2 nitrogen and oxygen atoms in total. The summed E-state index contributed by atoms with van der Waals surface area (Å²) in [4.78, 5) is 5.34. The molecule has 1 aliphatic carbocycles.